The van der Waals surface area contributed by atoms with Crippen LogP contribution in [-0.2, 0) is 4.79 Å². The third kappa shape index (κ3) is 1.32. The fourth-order valence-electron chi connectivity index (χ4n) is 2.46. The zero-order chi connectivity index (χ0) is 9.64. The first-order chi connectivity index (χ1) is 6.00. The van der Waals surface area contributed by atoms with Gasteiger partial charge in [-0.3, -0.25) is 4.79 Å². The summed E-state index contributed by atoms with van der Waals surface area (Å²) in [7, 11) is 0. The van der Waals surface area contributed by atoms with E-state index in [0.29, 0.717) is 13.0 Å². The topological polar surface area (TPSA) is 20.3 Å². The summed E-state index contributed by atoms with van der Waals surface area (Å²) in [6.45, 7) is 2.24. The van der Waals surface area contributed by atoms with Crippen LogP contribution in [0.25, 0.3) is 0 Å². The van der Waals surface area contributed by atoms with Crippen molar-refractivity contribution in [3.8, 4) is 0 Å². The van der Waals surface area contributed by atoms with Gasteiger partial charge in [0.25, 0.3) is 5.92 Å². The summed E-state index contributed by atoms with van der Waals surface area (Å²) in [5.41, 5.74) is 0. The molecule has 4 heteroatoms. The summed E-state index contributed by atoms with van der Waals surface area (Å²) >= 11 is 0. The minimum Gasteiger partial charge on any atom is -0.342 e. The normalized spacial score (nSPS) is 36.4. The number of hydrogen-bond acceptors (Lipinski definition) is 1. The lowest BCUT2D eigenvalue weighted by molar-refractivity contribution is -0.128. The van der Waals surface area contributed by atoms with Crippen LogP contribution >= 0.6 is 0 Å². The Hall–Kier alpha value is -0.670. The highest BCUT2D eigenvalue weighted by molar-refractivity contribution is 5.73. The summed E-state index contributed by atoms with van der Waals surface area (Å²) in [6, 6.07) is 0. The molecule has 2 fully saturated rings. The van der Waals surface area contributed by atoms with Crippen molar-refractivity contribution in [2.75, 3.05) is 13.1 Å². The van der Waals surface area contributed by atoms with Crippen molar-refractivity contribution in [1.82, 2.24) is 4.90 Å². The smallest absolute Gasteiger partial charge is 0.252 e. The van der Waals surface area contributed by atoms with E-state index < -0.39 is 11.8 Å². The van der Waals surface area contributed by atoms with Gasteiger partial charge in [0, 0.05) is 32.4 Å². The van der Waals surface area contributed by atoms with Crippen molar-refractivity contribution in [2.45, 2.75) is 25.7 Å². The van der Waals surface area contributed by atoms with Crippen molar-refractivity contribution < 1.29 is 13.6 Å². The average molecular weight is 189 g/mol. The van der Waals surface area contributed by atoms with Gasteiger partial charge in [-0.15, -0.1) is 0 Å². The van der Waals surface area contributed by atoms with Gasteiger partial charge < -0.3 is 4.90 Å². The highest BCUT2D eigenvalue weighted by Crippen LogP contribution is 2.48. The molecular formula is C9H13F2NO. The molecule has 1 heterocycles. The Morgan fingerprint density at radius 1 is 1.46 bits per heavy atom. The Bertz CT molecular complexity index is 242. The second kappa shape index (κ2) is 2.66. The highest BCUT2D eigenvalue weighted by Gasteiger charge is 2.54. The number of rotatable bonds is 0. The first-order valence-electron chi connectivity index (χ1n) is 4.64. The molecule has 2 unspecified atom stereocenters. The molecule has 1 saturated carbocycles. The molecule has 1 aliphatic heterocycles. The van der Waals surface area contributed by atoms with E-state index in [4.69, 9.17) is 0 Å². The van der Waals surface area contributed by atoms with Crippen molar-refractivity contribution in [2.24, 2.45) is 11.8 Å². The van der Waals surface area contributed by atoms with E-state index in [1.165, 1.54) is 6.92 Å². The van der Waals surface area contributed by atoms with Gasteiger partial charge in [0.2, 0.25) is 5.91 Å². The van der Waals surface area contributed by atoms with E-state index in [0.717, 1.165) is 0 Å². The van der Waals surface area contributed by atoms with Gasteiger partial charge in [0.1, 0.15) is 0 Å². The largest absolute Gasteiger partial charge is 0.342 e. The molecular weight excluding hydrogens is 176 g/mol. The Labute approximate surface area is 75.9 Å². The number of amides is 1. The zero-order valence-electron chi connectivity index (χ0n) is 7.59. The molecule has 0 aromatic rings. The van der Waals surface area contributed by atoms with Crippen LogP contribution < -0.4 is 0 Å². The third-order valence-corrected chi connectivity index (χ3v) is 3.28. The lowest BCUT2D eigenvalue weighted by atomic mass is 9.99. The number of alkyl halides is 2. The summed E-state index contributed by atoms with van der Waals surface area (Å²) in [5.74, 6) is -3.14. The van der Waals surface area contributed by atoms with Crippen LogP contribution in [0.15, 0.2) is 0 Å². The number of carbonyl (C=O) groups excluding carboxylic acids is 1. The molecule has 0 aromatic carbocycles. The second-order valence-electron chi connectivity index (χ2n) is 4.09. The van der Waals surface area contributed by atoms with Crippen LogP contribution in [0.5, 0.6) is 0 Å². The minimum absolute atomic E-state index is 0.00801. The van der Waals surface area contributed by atoms with Crippen LogP contribution in [0.1, 0.15) is 19.8 Å². The molecule has 1 saturated heterocycles. The predicted molar refractivity (Wildman–Crippen MR) is 43.4 cm³/mol. The van der Waals surface area contributed by atoms with Gasteiger partial charge in [0.05, 0.1) is 0 Å². The van der Waals surface area contributed by atoms with Gasteiger partial charge >= 0.3 is 0 Å². The van der Waals surface area contributed by atoms with E-state index in [2.05, 4.69) is 0 Å². The van der Waals surface area contributed by atoms with E-state index in [1.54, 1.807) is 4.90 Å². The molecule has 1 aliphatic carbocycles. The van der Waals surface area contributed by atoms with E-state index in [-0.39, 0.29) is 24.8 Å². The van der Waals surface area contributed by atoms with Crippen molar-refractivity contribution in [3.05, 3.63) is 0 Å². The van der Waals surface area contributed by atoms with E-state index in [1.807, 2.05) is 0 Å². The Morgan fingerprint density at radius 3 is 2.69 bits per heavy atom. The maximum absolute atomic E-state index is 13.2. The fourth-order valence-corrected chi connectivity index (χ4v) is 2.46. The van der Waals surface area contributed by atoms with Crippen LogP contribution in [0.4, 0.5) is 8.78 Å². The van der Waals surface area contributed by atoms with Crippen molar-refractivity contribution >= 4 is 5.91 Å². The van der Waals surface area contributed by atoms with Crippen LogP contribution in [0.3, 0.4) is 0 Å². The molecule has 74 valence electrons. The molecule has 0 N–H and O–H groups in total. The molecule has 2 rings (SSSR count). The molecule has 1 amide bonds. The maximum atomic E-state index is 13.2. The third-order valence-electron chi connectivity index (χ3n) is 3.28. The number of halogens is 2. The quantitative estimate of drug-likeness (QED) is 0.565. The number of fused-ring (bicyclic) bond motifs is 1. The van der Waals surface area contributed by atoms with Crippen LogP contribution in [0.2, 0.25) is 0 Å². The number of carbonyl (C=O) groups is 1. The van der Waals surface area contributed by atoms with Crippen LogP contribution in [-0.4, -0.2) is 29.8 Å². The number of hydrogen-bond donors (Lipinski definition) is 0. The molecule has 0 radical (unpaired) electrons. The summed E-state index contributed by atoms with van der Waals surface area (Å²) in [4.78, 5) is 12.5. The standard InChI is InChI=1S/C9H13F2NO/c1-6(13)12-4-7-2-3-9(10,11)8(7)5-12/h7-8H,2-5H2,1H3. The molecule has 0 bridgehead atoms. The molecule has 0 aromatic heterocycles. The Morgan fingerprint density at radius 2 is 2.15 bits per heavy atom. The second-order valence-corrected chi connectivity index (χ2v) is 4.09. The highest BCUT2D eigenvalue weighted by atomic mass is 19.3. The SMILES string of the molecule is CC(=O)N1CC2CCC(F)(F)C2C1. The monoisotopic (exact) mass is 189 g/mol. The van der Waals surface area contributed by atoms with Gasteiger partial charge in [-0.25, -0.2) is 8.78 Å². The lowest BCUT2D eigenvalue weighted by Crippen LogP contribution is -2.31. The molecule has 2 nitrogen and oxygen atoms in total. The first kappa shape index (κ1) is 8.91. The average Bonchev–Trinajstić information content (AvgIpc) is 2.53. The number of nitrogens with zero attached hydrogens (tertiary/aromatic N) is 1. The zero-order valence-corrected chi connectivity index (χ0v) is 7.59. The van der Waals surface area contributed by atoms with Gasteiger partial charge in [-0.2, -0.15) is 0 Å². The van der Waals surface area contributed by atoms with Gasteiger partial charge in [0.15, 0.2) is 0 Å². The molecule has 2 aliphatic rings. The Balaban J connectivity index is 2.10. The Kier molecular flexibility index (Phi) is 1.82. The summed E-state index contributed by atoms with van der Waals surface area (Å²) in [6.07, 6.45) is 0.579. The minimum atomic E-state index is -2.53. The maximum Gasteiger partial charge on any atom is 0.252 e. The van der Waals surface area contributed by atoms with Crippen LogP contribution in [0, 0.1) is 11.8 Å². The first-order valence-corrected chi connectivity index (χ1v) is 4.64. The summed E-state index contributed by atoms with van der Waals surface area (Å²) in [5, 5.41) is 0. The van der Waals surface area contributed by atoms with E-state index in [9.17, 15) is 13.6 Å². The lowest BCUT2D eigenvalue weighted by Gasteiger charge is -2.19. The fraction of sp³-hybridized carbons (Fsp3) is 0.889. The molecule has 0 spiro atoms. The van der Waals surface area contributed by atoms with E-state index >= 15 is 0 Å². The van der Waals surface area contributed by atoms with Gasteiger partial charge in [-0.1, -0.05) is 0 Å². The molecule has 13 heavy (non-hydrogen) atoms. The number of likely N-dealkylation sites (tertiary alicyclic amines) is 1. The van der Waals surface area contributed by atoms with Gasteiger partial charge in [-0.05, 0) is 12.3 Å². The summed E-state index contributed by atoms with van der Waals surface area (Å²) < 4.78 is 26.4. The molecule has 2 atom stereocenters. The van der Waals surface area contributed by atoms with Crippen molar-refractivity contribution in [1.29, 1.82) is 0 Å². The van der Waals surface area contributed by atoms with Crippen molar-refractivity contribution in [3.63, 3.8) is 0 Å². The predicted octanol–water partition coefficient (Wildman–Crippen LogP) is 1.51.